The molecule has 1 fully saturated rings. The minimum Gasteiger partial charge on any atom is -0.481 e. The molecule has 1 aliphatic heterocycles. The minimum atomic E-state index is -0.661. The number of carboxylic acids is 1. The number of benzene rings is 1. The molecule has 1 heterocycles. The molecule has 0 radical (unpaired) electrons. The summed E-state index contributed by atoms with van der Waals surface area (Å²) < 4.78 is 0. The van der Waals surface area contributed by atoms with Crippen molar-refractivity contribution >= 4 is 5.97 Å². The van der Waals surface area contributed by atoms with Gasteiger partial charge in [-0.3, -0.25) is 9.69 Å². The van der Waals surface area contributed by atoms with Gasteiger partial charge in [-0.1, -0.05) is 36.8 Å². The number of hydrogen-bond acceptors (Lipinski definition) is 2. The highest BCUT2D eigenvalue weighted by Gasteiger charge is 2.23. The van der Waals surface area contributed by atoms with E-state index in [-0.39, 0.29) is 6.04 Å². The number of likely N-dealkylation sites (tertiary alicyclic amines) is 1. The van der Waals surface area contributed by atoms with E-state index < -0.39 is 5.97 Å². The summed E-state index contributed by atoms with van der Waals surface area (Å²) in [6, 6.07) is 10.8. The second-order valence-electron chi connectivity index (χ2n) is 5.73. The molecule has 1 N–H and O–H groups in total. The van der Waals surface area contributed by atoms with E-state index in [0.29, 0.717) is 6.42 Å². The van der Waals surface area contributed by atoms with E-state index in [1.54, 1.807) is 0 Å². The van der Waals surface area contributed by atoms with Crippen LogP contribution in [0.3, 0.4) is 0 Å². The van der Waals surface area contributed by atoms with Gasteiger partial charge in [-0.05, 0) is 50.8 Å². The van der Waals surface area contributed by atoms with E-state index in [2.05, 4.69) is 29.2 Å². The van der Waals surface area contributed by atoms with Gasteiger partial charge in [0.1, 0.15) is 0 Å². The molecule has 20 heavy (non-hydrogen) atoms. The van der Waals surface area contributed by atoms with E-state index in [9.17, 15) is 4.79 Å². The number of hydrogen-bond donors (Lipinski definition) is 1. The Bertz CT molecular complexity index is 405. The number of unbranched alkanes of at least 4 members (excludes halogenated alkanes) is 1. The van der Waals surface area contributed by atoms with Crippen molar-refractivity contribution in [3.8, 4) is 0 Å². The van der Waals surface area contributed by atoms with Crippen molar-refractivity contribution in [2.75, 3.05) is 13.1 Å². The maximum absolute atomic E-state index is 10.9. The molecule has 2 rings (SSSR count). The Hall–Kier alpha value is -1.35. The summed E-state index contributed by atoms with van der Waals surface area (Å²) in [6.07, 6.45) is 7.21. The molecule has 1 unspecified atom stereocenters. The van der Waals surface area contributed by atoms with Gasteiger partial charge in [0.25, 0.3) is 0 Å². The molecule has 1 aromatic carbocycles. The van der Waals surface area contributed by atoms with E-state index in [1.165, 1.54) is 24.8 Å². The molecule has 0 aromatic heterocycles. The molecule has 0 bridgehead atoms. The quantitative estimate of drug-likeness (QED) is 0.776. The van der Waals surface area contributed by atoms with E-state index in [1.807, 2.05) is 6.07 Å². The molecule has 110 valence electrons. The van der Waals surface area contributed by atoms with Crippen molar-refractivity contribution in [1.82, 2.24) is 4.90 Å². The Kier molecular flexibility index (Phi) is 6.06. The van der Waals surface area contributed by atoms with Gasteiger partial charge in [-0.15, -0.1) is 0 Å². The zero-order chi connectivity index (χ0) is 14.2. The van der Waals surface area contributed by atoms with Crippen LogP contribution >= 0.6 is 0 Å². The van der Waals surface area contributed by atoms with Crippen LogP contribution in [0.15, 0.2) is 30.3 Å². The highest BCUT2D eigenvalue weighted by atomic mass is 16.4. The lowest BCUT2D eigenvalue weighted by atomic mass is 9.98. The van der Waals surface area contributed by atoms with Crippen molar-refractivity contribution in [1.29, 1.82) is 0 Å². The number of piperidine rings is 1. The van der Waals surface area contributed by atoms with Crippen molar-refractivity contribution in [3.05, 3.63) is 35.9 Å². The fourth-order valence-electron chi connectivity index (χ4n) is 3.08. The fraction of sp³-hybridized carbons (Fsp3) is 0.588. The SMILES string of the molecule is O=C(O)CC1CCCCN1CCCCc1ccccc1. The zero-order valence-corrected chi connectivity index (χ0v) is 12.1. The average Bonchev–Trinajstić information content (AvgIpc) is 2.46. The van der Waals surface area contributed by atoms with Gasteiger partial charge in [0.05, 0.1) is 6.42 Å². The van der Waals surface area contributed by atoms with Gasteiger partial charge >= 0.3 is 5.97 Å². The fourth-order valence-corrected chi connectivity index (χ4v) is 3.08. The van der Waals surface area contributed by atoms with E-state index >= 15 is 0 Å². The smallest absolute Gasteiger partial charge is 0.304 e. The number of carbonyl (C=O) groups is 1. The van der Waals surface area contributed by atoms with Crippen LogP contribution in [-0.2, 0) is 11.2 Å². The van der Waals surface area contributed by atoms with Gasteiger partial charge in [-0.25, -0.2) is 0 Å². The highest BCUT2D eigenvalue weighted by Crippen LogP contribution is 2.20. The maximum atomic E-state index is 10.9. The molecule has 3 nitrogen and oxygen atoms in total. The molecule has 0 amide bonds. The third-order valence-corrected chi connectivity index (χ3v) is 4.16. The highest BCUT2D eigenvalue weighted by molar-refractivity contribution is 5.67. The summed E-state index contributed by atoms with van der Waals surface area (Å²) in [5.74, 6) is -0.661. The van der Waals surface area contributed by atoms with Crippen LogP contribution < -0.4 is 0 Å². The van der Waals surface area contributed by atoms with Crippen LogP contribution in [0.2, 0.25) is 0 Å². The topological polar surface area (TPSA) is 40.5 Å². The molecule has 1 aliphatic rings. The van der Waals surface area contributed by atoms with Crippen LogP contribution in [0.1, 0.15) is 44.1 Å². The van der Waals surface area contributed by atoms with Crippen LogP contribution in [0, 0.1) is 0 Å². The van der Waals surface area contributed by atoms with Gasteiger partial charge in [0, 0.05) is 6.04 Å². The first kappa shape index (κ1) is 15.0. The molecule has 1 aromatic rings. The molecule has 1 atom stereocenters. The molecule has 1 saturated heterocycles. The number of aryl methyl sites for hydroxylation is 1. The van der Waals surface area contributed by atoms with E-state index in [0.717, 1.165) is 32.4 Å². The summed E-state index contributed by atoms with van der Waals surface area (Å²) in [5, 5.41) is 8.98. The van der Waals surface area contributed by atoms with Gasteiger partial charge < -0.3 is 5.11 Å². The minimum absolute atomic E-state index is 0.262. The summed E-state index contributed by atoms with van der Waals surface area (Å²) in [7, 11) is 0. The number of carboxylic acid groups (broad SMARTS) is 1. The lowest BCUT2D eigenvalue weighted by molar-refractivity contribution is -0.138. The van der Waals surface area contributed by atoms with Crippen molar-refractivity contribution < 1.29 is 9.90 Å². The molecule has 3 heteroatoms. The number of rotatable bonds is 7. The van der Waals surface area contributed by atoms with Crippen molar-refractivity contribution in [2.45, 2.75) is 51.0 Å². The summed E-state index contributed by atoms with van der Waals surface area (Å²) in [5.41, 5.74) is 1.40. The third-order valence-electron chi connectivity index (χ3n) is 4.16. The van der Waals surface area contributed by atoms with Gasteiger partial charge in [-0.2, -0.15) is 0 Å². The zero-order valence-electron chi connectivity index (χ0n) is 12.1. The van der Waals surface area contributed by atoms with E-state index in [4.69, 9.17) is 5.11 Å². The van der Waals surface area contributed by atoms with Gasteiger partial charge in [0.2, 0.25) is 0 Å². The predicted octanol–water partition coefficient (Wildman–Crippen LogP) is 3.34. The molecular formula is C17H25NO2. The first-order chi connectivity index (χ1) is 9.75. The monoisotopic (exact) mass is 275 g/mol. The summed E-state index contributed by atoms with van der Waals surface area (Å²) in [4.78, 5) is 13.3. The summed E-state index contributed by atoms with van der Waals surface area (Å²) in [6.45, 7) is 2.12. The average molecular weight is 275 g/mol. The molecule has 0 saturated carbocycles. The Balaban J connectivity index is 1.70. The second-order valence-corrected chi connectivity index (χ2v) is 5.73. The van der Waals surface area contributed by atoms with Crippen molar-refractivity contribution in [2.24, 2.45) is 0 Å². The Morgan fingerprint density at radius 1 is 1.20 bits per heavy atom. The predicted molar refractivity (Wildman–Crippen MR) is 80.8 cm³/mol. The normalized spacial score (nSPS) is 19.9. The number of nitrogens with zero attached hydrogens (tertiary/aromatic N) is 1. The largest absolute Gasteiger partial charge is 0.481 e. The lowest BCUT2D eigenvalue weighted by Gasteiger charge is -2.34. The Labute approximate surface area is 121 Å². The Morgan fingerprint density at radius 3 is 2.75 bits per heavy atom. The number of aliphatic carboxylic acids is 1. The van der Waals surface area contributed by atoms with Gasteiger partial charge in [0.15, 0.2) is 0 Å². The first-order valence-electron chi connectivity index (χ1n) is 7.75. The second kappa shape index (κ2) is 8.05. The van der Waals surface area contributed by atoms with Crippen LogP contribution in [-0.4, -0.2) is 35.1 Å². The summed E-state index contributed by atoms with van der Waals surface area (Å²) >= 11 is 0. The molecular weight excluding hydrogens is 250 g/mol. The third kappa shape index (κ3) is 4.97. The maximum Gasteiger partial charge on any atom is 0.304 e. The lowest BCUT2D eigenvalue weighted by Crippen LogP contribution is -2.41. The molecule has 0 spiro atoms. The Morgan fingerprint density at radius 2 is 2.00 bits per heavy atom. The van der Waals surface area contributed by atoms with Crippen LogP contribution in [0.4, 0.5) is 0 Å². The first-order valence-corrected chi connectivity index (χ1v) is 7.75. The van der Waals surface area contributed by atoms with Crippen LogP contribution in [0.25, 0.3) is 0 Å². The van der Waals surface area contributed by atoms with Crippen LogP contribution in [0.5, 0.6) is 0 Å². The standard InChI is InChI=1S/C17H25NO2/c19-17(20)14-16-11-5-7-13-18(16)12-6-4-10-15-8-2-1-3-9-15/h1-3,8-9,16H,4-7,10-14H2,(H,19,20). The molecule has 0 aliphatic carbocycles. The van der Waals surface area contributed by atoms with Crippen molar-refractivity contribution in [3.63, 3.8) is 0 Å².